The molecule has 0 aromatic carbocycles. The number of ketones is 2. The minimum atomic E-state index is -1.02. The van der Waals surface area contributed by atoms with Gasteiger partial charge in [-0.2, -0.15) is 0 Å². The molecule has 74 valence electrons. The molecule has 1 saturated carbocycles. The molecule has 1 rings (SSSR count). The fraction of sp³-hybridized carbons (Fsp3) is 0.800. The molecule has 0 heterocycles. The Labute approximate surface area is 78.1 Å². The van der Waals surface area contributed by atoms with E-state index >= 15 is 0 Å². The molecule has 0 aromatic heterocycles. The van der Waals surface area contributed by atoms with Crippen LogP contribution in [-0.4, -0.2) is 22.8 Å². The van der Waals surface area contributed by atoms with Crippen molar-refractivity contribution in [3.8, 4) is 0 Å². The lowest BCUT2D eigenvalue weighted by Crippen LogP contribution is -2.23. The third kappa shape index (κ3) is 2.37. The maximum atomic E-state index is 11.2. The Bertz CT molecular complexity index is 220. The second-order valence-corrected chi connectivity index (χ2v) is 4.13. The van der Waals surface area contributed by atoms with Crippen molar-refractivity contribution in [2.45, 2.75) is 39.2 Å². The molecule has 0 radical (unpaired) electrons. The number of carbonyl (C=O) groups excluding carboxylic acids is 2. The highest BCUT2D eigenvalue weighted by molar-refractivity contribution is 6.09. The molecule has 0 spiro atoms. The van der Waals surface area contributed by atoms with Gasteiger partial charge in [-0.05, 0) is 12.3 Å². The van der Waals surface area contributed by atoms with Crippen molar-refractivity contribution in [3.63, 3.8) is 0 Å². The summed E-state index contributed by atoms with van der Waals surface area (Å²) in [6, 6.07) is 0. The molecular formula is C10H16O3. The van der Waals surface area contributed by atoms with Crippen molar-refractivity contribution in [1.82, 2.24) is 0 Å². The van der Waals surface area contributed by atoms with Gasteiger partial charge in [-0.1, -0.05) is 20.3 Å². The first-order valence-electron chi connectivity index (χ1n) is 4.76. The topological polar surface area (TPSA) is 54.4 Å². The van der Waals surface area contributed by atoms with E-state index in [-0.39, 0.29) is 18.0 Å². The van der Waals surface area contributed by atoms with Gasteiger partial charge in [-0.3, -0.25) is 9.59 Å². The molecule has 1 fully saturated rings. The van der Waals surface area contributed by atoms with Gasteiger partial charge in [0.1, 0.15) is 11.9 Å². The van der Waals surface area contributed by atoms with Gasteiger partial charge in [-0.25, -0.2) is 0 Å². The van der Waals surface area contributed by atoms with Crippen LogP contribution < -0.4 is 0 Å². The molecule has 0 aliphatic heterocycles. The average Bonchev–Trinajstić information content (AvgIpc) is 2.24. The zero-order valence-corrected chi connectivity index (χ0v) is 8.12. The minimum Gasteiger partial charge on any atom is -0.385 e. The van der Waals surface area contributed by atoms with Crippen LogP contribution in [0.3, 0.4) is 0 Å². The molecule has 13 heavy (non-hydrogen) atoms. The van der Waals surface area contributed by atoms with Crippen LogP contribution in [0.15, 0.2) is 0 Å². The van der Waals surface area contributed by atoms with Crippen molar-refractivity contribution < 1.29 is 14.7 Å². The third-order valence-electron chi connectivity index (χ3n) is 2.53. The zero-order chi connectivity index (χ0) is 10.0. The molecule has 1 aliphatic rings. The predicted octanol–water partition coefficient (Wildman–Crippen LogP) is 0.942. The van der Waals surface area contributed by atoms with Crippen molar-refractivity contribution in [2.24, 2.45) is 11.8 Å². The Hall–Kier alpha value is -0.700. The molecule has 0 saturated heterocycles. The fourth-order valence-electron chi connectivity index (χ4n) is 1.64. The summed E-state index contributed by atoms with van der Waals surface area (Å²) >= 11 is 0. The minimum absolute atomic E-state index is 0.0655. The van der Waals surface area contributed by atoms with Gasteiger partial charge in [0, 0.05) is 0 Å². The standard InChI is InChI=1S/C10H16O3/c1-6(2)3-4-7-8(11)5-9(12)10(7)13/h6-7,10,13H,3-5H2,1-2H3. The van der Waals surface area contributed by atoms with Crippen molar-refractivity contribution >= 4 is 11.6 Å². The number of hydrogen-bond acceptors (Lipinski definition) is 3. The molecule has 2 unspecified atom stereocenters. The summed E-state index contributed by atoms with van der Waals surface area (Å²) in [7, 11) is 0. The Balaban J connectivity index is 2.49. The number of carbonyl (C=O) groups is 2. The lowest BCUT2D eigenvalue weighted by atomic mass is 9.94. The Kier molecular flexibility index (Phi) is 3.20. The molecule has 1 aliphatic carbocycles. The van der Waals surface area contributed by atoms with Crippen LogP contribution in [0.4, 0.5) is 0 Å². The van der Waals surface area contributed by atoms with Crippen LogP contribution in [-0.2, 0) is 9.59 Å². The van der Waals surface area contributed by atoms with Gasteiger partial charge in [-0.15, -0.1) is 0 Å². The number of Topliss-reactive ketones (excluding diaryl/α,β-unsaturated/α-hetero) is 2. The van der Waals surface area contributed by atoms with Crippen LogP contribution in [0, 0.1) is 11.8 Å². The molecule has 0 aromatic rings. The smallest absolute Gasteiger partial charge is 0.169 e. The van der Waals surface area contributed by atoms with Crippen molar-refractivity contribution in [1.29, 1.82) is 0 Å². The summed E-state index contributed by atoms with van der Waals surface area (Å²) in [5.41, 5.74) is 0. The summed E-state index contributed by atoms with van der Waals surface area (Å²) in [6.07, 6.45) is 0.444. The Morgan fingerprint density at radius 2 is 2.00 bits per heavy atom. The average molecular weight is 184 g/mol. The number of aliphatic hydroxyl groups is 1. The van der Waals surface area contributed by atoms with Crippen LogP contribution in [0.1, 0.15) is 33.1 Å². The Morgan fingerprint density at radius 1 is 1.38 bits per heavy atom. The van der Waals surface area contributed by atoms with E-state index in [2.05, 4.69) is 13.8 Å². The van der Waals surface area contributed by atoms with E-state index in [4.69, 9.17) is 0 Å². The highest BCUT2D eigenvalue weighted by Crippen LogP contribution is 2.25. The third-order valence-corrected chi connectivity index (χ3v) is 2.53. The molecular weight excluding hydrogens is 168 g/mol. The lowest BCUT2D eigenvalue weighted by Gasteiger charge is -2.12. The summed E-state index contributed by atoms with van der Waals surface area (Å²) in [6.45, 7) is 4.13. The predicted molar refractivity (Wildman–Crippen MR) is 48.2 cm³/mol. The monoisotopic (exact) mass is 184 g/mol. The molecule has 2 atom stereocenters. The normalized spacial score (nSPS) is 28.9. The van der Waals surface area contributed by atoms with E-state index in [9.17, 15) is 14.7 Å². The summed E-state index contributed by atoms with van der Waals surface area (Å²) in [4.78, 5) is 22.2. The molecule has 0 bridgehead atoms. The van der Waals surface area contributed by atoms with E-state index < -0.39 is 12.0 Å². The number of aliphatic hydroxyl groups excluding tert-OH is 1. The zero-order valence-electron chi connectivity index (χ0n) is 8.12. The second-order valence-electron chi connectivity index (χ2n) is 4.13. The lowest BCUT2D eigenvalue weighted by molar-refractivity contribution is -0.125. The van der Waals surface area contributed by atoms with E-state index in [1.54, 1.807) is 0 Å². The van der Waals surface area contributed by atoms with Crippen LogP contribution in [0.2, 0.25) is 0 Å². The van der Waals surface area contributed by atoms with Crippen LogP contribution in [0.25, 0.3) is 0 Å². The molecule has 3 nitrogen and oxygen atoms in total. The first-order chi connectivity index (χ1) is 6.02. The molecule has 0 amide bonds. The van der Waals surface area contributed by atoms with Crippen molar-refractivity contribution in [3.05, 3.63) is 0 Å². The van der Waals surface area contributed by atoms with Gasteiger partial charge in [0.05, 0.1) is 12.3 Å². The summed E-state index contributed by atoms with van der Waals surface area (Å²) in [5.74, 6) is -0.303. The number of rotatable bonds is 3. The molecule has 1 N–H and O–H groups in total. The number of hydrogen-bond donors (Lipinski definition) is 1. The fourth-order valence-corrected chi connectivity index (χ4v) is 1.64. The van der Waals surface area contributed by atoms with E-state index in [0.717, 1.165) is 6.42 Å². The van der Waals surface area contributed by atoms with Gasteiger partial charge in [0.25, 0.3) is 0 Å². The van der Waals surface area contributed by atoms with E-state index in [1.165, 1.54) is 0 Å². The Morgan fingerprint density at radius 3 is 2.38 bits per heavy atom. The maximum absolute atomic E-state index is 11.2. The quantitative estimate of drug-likeness (QED) is 0.664. The summed E-state index contributed by atoms with van der Waals surface area (Å²) in [5, 5.41) is 9.37. The molecule has 3 heteroatoms. The highest BCUT2D eigenvalue weighted by Gasteiger charge is 2.39. The second kappa shape index (κ2) is 4.01. The van der Waals surface area contributed by atoms with Gasteiger partial charge >= 0.3 is 0 Å². The van der Waals surface area contributed by atoms with Gasteiger partial charge in [0.2, 0.25) is 0 Å². The summed E-state index contributed by atoms with van der Waals surface area (Å²) < 4.78 is 0. The largest absolute Gasteiger partial charge is 0.385 e. The van der Waals surface area contributed by atoms with Gasteiger partial charge < -0.3 is 5.11 Å². The van der Waals surface area contributed by atoms with E-state index in [0.29, 0.717) is 12.3 Å². The first-order valence-corrected chi connectivity index (χ1v) is 4.76. The first kappa shape index (κ1) is 10.4. The van der Waals surface area contributed by atoms with Crippen LogP contribution >= 0.6 is 0 Å². The maximum Gasteiger partial charge on any atom is 0.169 e. The highest BCUT2D eigenvalue weighted by atomic mass is 16.3. The van der Waals surface area contributed by atoms with Crippen molar-refractivity contribution in [2.75, 3.05) is 0 Å². The van der Waals surface area contributed by atoms with Crippen LogP contribution in [0.5, 0.6) is 0 Å². The van der Waals surface area contributed by atoms with E-state index in [1.807, 2.05) is 0 Å². The van der Waals surface area contributed by atoms with Gasteiger partial charge in [0.15, 0.2) is 5.78 Å². The SMILES string of the molecule is CC(C)CCC1C(=O)CC(=O)C1O.